The van der Waals surface area contributed by atoms with Gasteiger partial charge in [-0.2, -0.15) is 10.2 Å². The maximum absolute atomic E-state index is 13.5. The Morgan fingerprint density at radius 1 is 1.05 bits per heavy atom. The zero-order chi connectivity index (χ0) is 26.8. The molecule has 0 fully saturated rings. The summed E-state index contributed by atoms with van der Waals surface area (Å²) in [7, 11) is 4.05. The molecule has 0 unspecified atom stereocenters. The standard InChI is InChI=1S/C31H36N6O/c1-6-37-14-11-30(34-37)27-16-25(15-26(17-27)28-19-32-36(5)20-28)22(3)33-31(38)29-18-24(8-7-21(29)2)23-9-12-35(4)13-10-23/h7-9,11,14-20,22H,6,10,12-13H2,1-5H3,(H,33,38)/t22-/m1/s1. The molecule has 196 valence electrons. The number of aromatic nitrogens is 4. The summed E-state index contributed by atoms with van der Waals surface area (Å²) >= 11 is 0. The smallest absolute Gasteiger partial charge is 0.252 e. The number of carbonyl (C=O) groups is 1. The minimum absolute atomic E-state index is 0.0611. The second kappa shape index (κ2) is 10.8. The SMILES string of the molecule is CCn1ccc(-c2cc(-c3cnn(C)c3)cc([C@@H](C)NC(=O)c3cc(C4=CCN(C)CC4)ccc3C)c2)n1. The quantitative estimate of drug-likeness (QED) is 0.359. The Labute approximate surface area is 224 Å². The second-order valence-electron chi connectivity index (χ2n) is 10.3. The molecule has 7 nitrogen and oxygen atoms in total. The molecular formula is C31H36N6O. The van der Waals surface area contributed by atoms with Gasteiger partial charge in [0.15, 0.2) is 0 Å². The molecule has 2 aromatic carbocycles. The highest BCUT2D eigenvalue weighted by atomic mass is 16.1. The van der Waals surface area contributed by atoms with Crippen molar-refractivity contribution in [1.82, 2.24) is 29.8 Å². The molecule has 0 saturated carbocycles. The van der Waals surface area contributed by atoms with E-state index in [1.165, 1.54) is 5.57 Å². The molecule has 1 aliphatic rings. The summed E-state index contributed by atoms with van der Waals surface area (Å²) in [4.78, 5) is 15.8. The van der Waals surface area contributed by atoms with Gasteiger partial charge in [0.25, 0.3) is 5.91 Å². The van der Waals surface area contributed by atoms with Gasteiger partial charge in [0.2, 0.25) is 0 Å². The first-order chi connectivity index (χ1) is 18.3. The summed E-state index contributed by atoms with van der Waals surface area (Å²) in [6.07, 6.45) is 9.12. The topological polar surface area (TPSA) is 68.0 Å². The van der Waals surface area contributed by atoms with Crippen LogP contribution >= 0.6 is 0 Å². The van der Waals surface area contributed by atoms with Crippen molar-refractivity contribution in [1.29, 1.82) is 0 Å². The van der Waals surface area contributed by atoms with Crippen LogP contribution in [0.3, 0.4) is 0 Å². The normalized spacial score (nSPS) is 14.8. The van der Waals surface area contributed by atoms with Crippen molar-refractivity contribution in [2.45, 2.75) is 39.8 Å². The number of carbonyl (C=O) groups excluding carboxylic acids is 1. The fourth-order valence-electron chi connectivity index (χ4n) is 4.94. The number of amides is 1. The van der Waals surface area contributed by atoms with Crippen molar-refractivity contribution in [2.24, 2.45) is 7.05 Å². The van der Waals surface area contributed by atoms with Crippen LogP contribution in [0.25, 0.3) is 28.0 Å². The van der Waals surface area contributed by atoms with E-state index in [2.05, 4.69) is 65.7 Å². The van der Waals surface area contributed by atoms with E-state index >= 15 is 0 Å². The predicted molar refractivity (Wildman–Crippen MR) is 153 cm³/mol. The lowest BCUT2D eigenvalue weighted by molar-refractivity contribution is 0.0939. The zero-order valence-corrected chi connectivity index (χ0v) is 22.9. The molecular weight excluding hydrogens is 472 g/mol. The minimum Gasteiger partial charge on any atom is -0.346 e. The predicted octanol–water partition coefficient (Wildman–Crippen LogP) is 5.49. The molecule has 1 aliphatic heterocycles. The van der Waals surface area contributed by atoms with Crippen molar-refractivity contribution in [3.8, 4) is 22.4 Å². The monoisotopic (exact) mass is 508 g/mol. The summed E-state index contributed by atoms with van der Waals surface area (Å²) in [5, 5.41) is 12.3. The minimum atomic E-state index is -0.197. The van der Waals surface area contributed by atoms with Gasteiger partial charge in [0, 0.05) is 55.8 Å². The third-order valence-electron chi connectivity index (χ3n) is 7.37. The van der Waals surface area contributed by atoms with E-state index in [1.807, 2.05) is 56.3 Å². The summed E-state index contributed by atoms with van der Waals surface area (Å²) in [6, 6.07) is 14.5. The van der Waals surface area contributed by atoms with Gasteiger partial charge in [-0.3, -0.25) is 14.2 Å². The van der Waals surface area contributed by atoms with Crippen LogP contribution in [0.2, 0.25) is 0 Å². The van der Waals surface area contributed by atoms with E-state index in [-0.39, 0.29) is 11.9 Å². The fourth-order valence-corrected chi connectivity index (χ4v) is 4.94. The number of rotatable bonds is 7. The van der Waals surface area contributed by atoms with Crippen molar-refractivity contribution in [2.75, 3.05) is 20.1 Å². The van der Waals surface area contributed by atoms with Gasteiger partial charge >= 0.3 is 0 Å². The molecule has 5 rings (SSSR count). The molecule has 0 saturated heterocycles. The molecule has 0 spiro atoms. The molecule has 0 bridgehead atoms. The molecule has 0 radical (unpaired) electrons. The molecule has 38 heavy (non-hydrogen) atoms. The number of benzene rings is 2. The van der Waals surface area contributed by atoms with Crippen molar-refractivity contribution < 1.29 is 4.79 Å². The lowest BCUT2D eigenvalue weighted by Gasteiger charge is -2.23. The Morgan fingerprint density at radius 3 is 2.55 bits per heavy atom. The first-order valence-electron chi connectivity index (χ1n) is 13.3. The van der Waals surface area contributed by atoms with Gasteiger partial charge in [0.05, 0.1) is 17.9 Å². The molecule has 3 heterocycles. The zero-order valence-electron chi connectivity index (χ0n) is 22.9. The summed E-state index contributed by atoms with van der Waals surface area (Å²) in [5.74, 6) is -0.0611. The third-order valence-corrected chi connectivity index (χ3v) is 7.37. The number of hydrogen-bond acceptors (Lipinski definition) is 4. The highest BCUT2D eigenvalue weighted by Crippen LogP contribution is 2.30. The number of nitrogens with zero attached hydrogens (tertiary/aromatic N) is 5. The first kappa shape index (κ1) is 25.7. The molecule has 7 heteroatoms. The van der Waals surface area contributed by atoms with Crippen LogP contribution in [-0.2, 0) is 13.6 Å². The third kappa shape index (κ3) is 5.48. The van der Waals surface area contributed by atoms with Crippen molar-refractivity contribution in [3.05, 3.63) is 89.4 Å². The number of nitrogens with one attached hydrogen (secondary N) is 1. The maximum Gasteiger partial charge on any atom is 0.252 e. The lowest BCUT2D eigenvalue weighted by atomic mass is 9.94. The van der Waals surface area contributed by atoms with Crippen molar-refractivity contribution >= 4 is 11.5 Å². The Balaban J connectivity index is 1.44. The Kier molecular flexibility index (Phi) is 7.29. The van der Waals surface area contributed by atoms with Gasteiger partial charge in [-0.15, -0.1) is 0 Å². The van der Waals surface area contributed by atoms with Crippen molar-refractivity contribution in [3.63, 3.8) is 0 Å². The van der Waals surface area contributed by atoms with Crippen LogP contribution in [-0.4, -0.2) is 50.5 Å². The summed E-state index contributed by atoms with van der Waals surface area (Å²) in [6.45, 7) is 8.89. The van der Waals surface area contributed by atoms with E-state index in [4.69, 9.17) is 5.10 Å². The van der Waals surface area contributed by atoms with E-state index in [9.17, 15) is 4.79 Å². The van der Waals surface area contributed by atoms with Crippen LogP contribution < -0.4 is 5.32 Å². The largest absolute Gasteiger partial charge is 0.346 e. The molecule has 2 aromatic heterocycles. The van der Waals surface area contributed by atoms with Crippen LogP contribution in [0.4, 0.5) is 0 Å². The van der Waals surface area contributed by atoms with Gasteiger partial charge < -0.3 is 10.2 Å². The van der Waals surface area contributed by atoms with E-state index in [0.29, 0.717) is 0 Å². The van der Waals surface area contributed by atoms with Crippen LogP contribution in [0.1, 0.15) is 53.4 Å². The highest BCUT2D eigenvalue weighted by molar-refractivity contribution is 5.97. The van der Waals surface area contributed by atoms with E-state index in [1.54, 1.807) is 4.68 Å². The lowest BCUT2D eigenvalue weighted by Crippen LogP contribution is -2.27. The average Bonchev–Trinajstić information content (AvgIpc) is 3.58. The van der Waals surface area contributed by atoms with E-state index < -0.39 is 0 Å². The maximum atomic E-state index is 13.5. The van der Waals surface area contributed by atoms with Gasteiger partial charge in [-0.25, -0.2) is 0 Å². The van der Waals surface area contributed by atoms with Gasteiger partial charge in [-0.05, 0) is 92.4 Å². The highest BCUT2D eigenvalue weighted by Gasteiger charge is 2.18. The number of likely N-dealkylation sites (N-methyl/N-ethyl adjacent to an activating group) is 1. The number of hydrogen-bond donors (Lipinski definition) is 1. The van der Waals surface area contributed by atoms with E-state index in [0.717, 1.165) is 70.7 Å². The molecule has 1 amide bonds. The van der Waals surface area contributed by atoms with Crippen LogP contribution in [0.5, 0.6) is 0 Å². The Bertz CT molecular complexity index is 1490. The molecule has 1 atom stereocenters. The molecule has 1 N–H and O–H groups in total. The molecule has 4 aromatic rings. The van der Waals surface area contributed by atoms with Gasteiger partial charge in [-0.1, -0.05) is 18.2 Å². The Morgan fingerprint density at radius 2 is 1.87 bits per heavy atom. The first-order valence-corrected chi connectivity index (χ1v) is 13.3. The second-order valence-corrected chi connectivity index (χ2v) is 10.3. The molecule has 0 aliphatic carbocycles. The summed E-state index contributed by atoms with van der Waals surface area (Å²) in [5.41, 5.74) is 9.16. The average molecular weight is 509 g/mol. The van der Waals surface area contributed by atoms with Crippen LogP contribution in [0.15, 0.2) is 67.1 Å². The fraction of sp³-hybridized carbons (Fsp3) is 0.323. The van der Waals surface area contributed by atoms with Crippen LogP contribution in [0, 0.1) is 6.92 Å². The van der Waals surface area contributed by atoms with Gasteiger partial charge in [0.1, 0.15) is 0 Å². The summed E-state index contributed by atoms with van der Waals surface area (Å²) < 4.78 is 3.72. The Hall–Kier alpha value is -3.97. The number of aryl methyl sites for hydroxylation is 3.